The van der Waals surface area contributed by atoms with E-state index in [1.54, 1.807) is 29.2 Å². The summed E-state index contributed by atoms with van der Waals surface area (Å²) in [5, 5.41) is 0. The Morgan fingerprint density at radius 1 is 1.13 bits per heavy atom. The van der Waals surface area contributed by atoms with Crippen LogP contribution in [0.25, 0.3) is 0 Å². The van der Waals surface area contributed by atoms with Gasteiger partial charge in [-0.3, -0.25) is 4.79 Å². The lowest BCUT2D eigenvalue weighted by Gasteiger charge is -2.26. The number of nitrogens with zero attached hydrogens (tertiary/aromatic N) is 1. The van der Waals surface area contributed by atoms with E-state index < -0.39 is 16.1 Å². The zero-order valence-electron chi connectivity index (χ0n) is 14.7. The second kappa shape index (κ2) is 8.45. The fourth-order valence-corrected chi connectivity index (χ4v) is 3.60. The summed E-state index contributed by atoms with van der Waals surface area (Å²) in [6, 6.07) is 5.88. The molecule has 0 aromatic heterocycles. The van der Waals surface area contributed by atoms with Gasteiger partial charge in [-0.1, -0.05) is 31.5 Å². The fraction of sp³-hybridized carbons (Fsp3) is 0.588. The zero-order chi connectivity index (χ0) is 17.6. The van der Waals surface area contributed by atoms with Gasteiger partial charge in [-0.2, -0.15) is 4.72 Å². The van der Waals surface area contributed by atoms with Gasteiger partial charge in [0.25, 0.3) is 0 Å². The molecular weight excluding hydrogens is 312 g/mol. The molecule has 0 spiro atoms. The van der Waals surface area contributed by atoms with Crippen LogP contribution in [0.3, 0.4) is 0 Å². The molecule has 1 atom stereocenters. The number of hydrogen-bond acceptors (Lipinski definition) is 3. The van der Waals surface area contributed by atoms with E-state index in [-0.39, 0.29) is 16.7 Å². The van der Waals surface area contributed by atoms with Gasteiger partial charge < -0.3 is 4.90 Å². The van der Waals surface area contributed by atoms with E-state index in [1.807, 2.05) is 34.6 Å². The second-order valence-electron chi connectivity index (χ2n) is 6.13. The quantitative estimate of drug-likeness (QED) is 0.791. The van der Waals surface area contributed by atoms with E-state index in [2.05, 4.69) is 4.72 Å². The number of carbonyl (C=O) groups is 1. The molecule has 0 bridgehead atoms. The molecule has 1 N–H and O–H groups in total. The molecule has 0 fully saturated rings. The molecule has 0 aliphatic heterocycles. The Morgan fingerprint density at radius 2 is 1.65 bits per heavy atom. The van der Waals surface area contributed by atoms with Crippen LogP contribution in [-0.4, -0.2) is 38.4 Å². The topological polar surface area (TPSA) is 66.5 Å². The molecule has 0 aliphatic rings. The van der Waals surface area contributed by atoms with Crippen molar-refractivity contribution in [1.29, 1.82) is 0 Å². The third-order valence-electron chi connectivity index (χ3n) is 3.71. The molecule has 23 heavy (non-hydrogen) atoms. The first-order valence-electron chi connectivity index (χ1n) is 8.09. The molecule has 1 aromatic carbocycles. The molecule has 1 unspecified atom stereocenters. The highest BCUT2D eigenvalue weighted by Gasteiger charge is 2.28. The van der Waals surface area contributed by atoms with E-state index in [0.29, 0.717) is 19.5 Å². The van der Waals surface area contributed by atoms with Gasteiger partial charge >= 0.3 is 0 Å². The largest absolute Gasteiger partial charge is 0.342 e. The normalized spacial score (nSPS) is 13.1. The van der Waals surface area contributed by atoms with Crippen LogP contribution in [0.15, 0.2) is 29.2 Å². The smallest absolute Gasteiger partial charge is 0.241 e. The van der Waals surface area contributed by atoms with Crippen LogP contribution < -0.4 is 4.72 Å². The first-order valence-corrected chi connectivity index (χ1v) is 9.57. The first kappa shape index (κ1) is 19.6. The minimum absolute atomic E-state index is 0.167. The Labute approximate surface area is 140 Å². The highest BCUT2D eigenvalue weighted by atomic mass is 32.2. The highest BCUT2D eigenvalue weighted by molar-refractivity contribution is 7.89. The third kappa shape index (κ3) is 5.62. The maximum atomic E-state index is 12.6. The molecule has 130 valence electrons. The van der Waals surface area contributed by atoms with Crippen LogP contribution in [-0.2, 0) is 14.8 Å². The summed E-state index contributed by atoms with van der Waals surface area (Å²) in [6.07, 6.45) is 0.473. The standard InChI is InChI=1S/C17H28N2O3S/c1-6-19(7-2)17(20)16(12-13(3)4)18-23(21,22)15-10-8-14(5)9-11-15/h8-11,13,16,18H,6-7,12H2,1-5H3. The zero-order valence-corrected chi connectivity index (χ0v) is 15.5. The Kier molecular flexibility index (Phi) is 7.22. The molecule has 0 saturated heterocycles. The SMILES string of the molecule is CCN(CC)C(=O)C(CC(C)C)NS(=O)(=O)c1ccc(C)cc1. The van der Waals surface area contributed by atoms with E-state index in [4.69, 9.17) is 0 Å². The van der Waals surface area contributed by atoms with Gasteiger partial charge in [0, 0.05) is 13.1 Å². The Balaban J connectivity index is 3.04. The van der Waals surface area contributed by atoms with Gasteiger partial charge in [0.15, 0.2) is 0 Å². The summed E-state index contributed by atoms with van der Waals surface area (Å²) in [6.45, 7) is 10.8. The van der Waals surface area contributed by atoms with Crippen molar-refractivity contribution in [2.75, 3.05) is 13.1 Å². The lowest BCUT2D eigenvalue weighted by Crippen LogP contribution is -2.49. The highest BCUT2D eigenvalue weighted by Crippen LogP contribution is 2.14. The summed E-state index contributed by atoms with van der Waals surface area (Å²) in [7, 11) is -3.71. The van der Waals surface area contributed by atoms with Crippen molar-refractivity contribution >= 4 is 15.9 Å². The number of hydrogen-bond donors (Lipinski definition) is 1. The van der Waals surface area contributed by atoms with Gasteiger partial charge in [0.1, 0.15) is 6.04 Å². The number of nitrogens with one attached hydrogen (secondary N) is 1. The van der Waals surface area contributed by atoms with E-state index in [1.165, 1.54) is 0 Å². The lowest BCUT2D eigenvalue weighted by molar-refractivity contribution is -0.133. The number of amides is 1. The Morgan fingerprint density at radius 3 is 2.09 bits per heavy atom. The number of aryl methyl sites for hydroxylation is 1. The minimum atomic E-state index is -3.71. The minimum Gasteiger partial charge on any atom is -0.342 e. The second-order valence-corrected chi connectivity index (χ2v) is 7.84. The lowest BCUT2D eigenvalue weighted by atomic mass is 10.0. The van der Waals surface area contributed by atoms with Crippen LogP contribution in [0.2, 0.25) is 0 Å². The molecule has 5 nitrogen and oxygen atoms in total. The van der Waals surface area contributed by atoms with Crippen molar-refractivity contribution in [2.24, 2.45) is 5.92 Å². The summed E-state index contributed by atoms with van der Waals surface area (Å²) in [5.74, 6) is 0.0413. The summed E-state index contributed by atoms with van der Waals surface area (Å²) in [5.41, 5.74) is 0.988. The molecule has 1 aromatic rings. The van der Waals surface area contributed by atoms with Crippen molar-refractivity contribution in [1.82, 2.24) is 9.62 Å². The molecule has 0 aliphatic carbocycles. The maximum absolute atomic E-state index is 12.6. The van der Waals surface area contributed by atoms with Gasteiger partial charge in [-0.25, -0.2) is 8.42 Å². The first-order chi connectivity index (χ1) is 10.7. The van der Waals surface area contributed by atoms with Gasteiger partial charge in [0.2, 0.25) is 15.9 Å². The molecular formula is C17H28N2O3S. The van der Waals surface area contributed by atoms with Crippen LogP contribution >= 0.6 is 0 Å². The van der Waals surface area contributed by atoms with Crippen molar-refractivity contribution in [3.63, 3.8) is 0 Å². The predicted octanol–water partition coefficient (Wildman–Crippen LogP) is 2.56. The van der Waals surface area contributed by atoms with Crippen molar-refractivity contribution in [3.05, 3.63) is 29.8 Å². The molecule has 0 radical (unpaired) electrons. The van der Waals surface area contributed by atoms with Crippen molar-refractivity contribution in [3.8, 4) is 0 Å². The van der Waals surface area contributed by atoms with E-state index in [9.17, 15) is 13.2 Å². The van der Waals surface area contributed by atoms with Crippen LogP contribution in [0.1, 0.15) is 39.7 Å². The van der Waals surface area contributed by atoms with Gasteiger partial charge in [0.05, 0.1) is 4.90 Å². The van der Waals surface area contributed by atoms with Gasteiger partial charge in [-0.05, 0) is 45.2 Å². The van der Waals surface area contributed by atoms with Gasteiger partial charge in [-0.15, -0.1) is 0 Å². The number of sulfonamides is 1. The number of benzene rings is 1. The van der Waals surface area contributed by atoms with Crippen molar-refractivity contribution in [2.45, 2.75) is 52.0 Å². The summed E-state index contributed by atoms with van der Waals surface area (Å²) < 4.78 is 27.7. The molecule has 6 heteroatoms. The molecule has 0 heterocycles. The van der Waals surface area contributed by atoms with Crippen LogP contribution in [0.4, 0.5) is 0 Å². The molecule has 1 amide bonds. The Hall–Kier alpha value is -1.40. The Bertz CT molecular complexity index is 605. The average Bonchev–Trinajstić information content (AvgIpc) is 2.47. The fourth-order valence-electron chi connectivity index (χ4n) is 2.40. The van der Waals surface area contributed by atoms with E-state index in [0.717, 1.165) is 5.56 Å². The van der Waals surface area contributed by atoms with Crippen LogP contribution in [0, 0.1) is 12.8 Å². The summed E-state index contributed by atoms with van der Waals surface area (Å²) >= 11 is 0. The van der Waals surface area contributed by atoms with Crippen molar-refractivity contribution < 1.29 is 13.2 Å². The van der Waals surface area contributed by atoms with Crippen LogP contribution in [0.5, 0.6) is 0 Å². The monoisotopic (exact) mass is 340 g/mol. The number of carbonyl (C=O) groups excluding carboxylic acids is 1. The number of rotatable bonds is 8. The maximum Gasteiger partial charge on any atom is 0.241 e. The molecule has 1 rings (SSSR count). The van der Waals surface area contributed by atoms with E-state index >= 15 is 0 Å². The number of likely N-dealkylation sites (N-methyl/N-ethyl adjacent to an activating group) is 1. The average molecular weight is 340 g/mol. The predicted molar refractivity (Wildman–Crippen MR) is 92.7 cm³/mol. The molecule has 0 saturated carbocycles. The summed E-state index contributed by atoms with van der Waals surface area (Å²) in [4.78, 5) is 14.4. The third-order valence-corrected chi connectivity index (χ3v) is 5.20.